The maximum Gasteiger partial charge on any atom is 0.191 e. The number of hydrogen-bond acceptors (Lipinski definition) is 6. The van der Waals surface area contributed by atoms with E-state index in [9.17, 15) is 4.79 Å². The molecule has 0 N–H and O–H groups in total. The van der Waals surface area contributed by atoms with Crippen molar-refractivity contribution in [1.82, 2.24) is 29.8 Å². The summed E-state index contributed by atoms with van der Waals surface area (Å²) < 4.78 is 3.68. The minimum absolute atomic E-state index is 0.0717. The molecule has 0 bridgehead atoms. The molecule has 0 unspecified atom stereocenters. The van der Waals surface area contributed by atoms with Gasteiger partial charge in [0.05, 0.1) is 11.3 Å². The van der Waals surface area contributed by atoms with Crippen molar-refractivity contribution in [3.05, 3.63) is 66.0 Å². The number of fused-ring (bicyclic) bond motifs is 1. The molecule has 4 aromatic rings. The Balaban J connectivity index is 1.47. The normalized spacial score (nSPS) is 11.1. The van der Waals surface area contributed by atoms with Gasteiger partial charge in [0.1, 0.15) is 12.1 Å². The predicted octanol–water partition coefficient (Wildman–Crippen LogP) is 2.58. The third kappa shape index (κ3) is 3.23. The van der Waals surface area contributed by atoms with Crippen molar-refractivity contribution in [2.45, 2.75) is 11.7 Å². The fourth-order valence-corrected chi connectivity index (χ4v) is 3.44. The quantitative estimate of drug-likeness (QED) is 0.386. The lowest BCUT2D eigenvalue weighted by atomic mass is 10.2. The zero-order chi connectivity index (χ0) is 17.9. The van der Waals surface area contributed by atoms with Crippen molar-refractivity contribution in [3.8, 4) is 0 Å². The molecule has 0 fully saturated rings. The lowest BCUT2D eigenvalue weighted by molar-refractivity contribution is 0.102. The Hall–Kier alpha value is -3.00. The molecule has 0 atom stereocenters. The van der Waals surface area contributed by atoms with Crippen LogP contribution in [-0.4, -0.2) is 41.3 Å². The van der Waals surface area contributed by atoms with E-state index >= 15 is 0 Å². The molecule has 0 spiro atoms. The van der Waals surface area contributed by atoms with Gasteiger partial charge in [-0.05, 0) is 12.1 Å². The Morgan fingerprint density at radius 3 is 2.62 bits per heavy atom. The third-order valence-electron chi connectivity index (χ3n) is 4.06. The van der Waals surface area contributed by atoms with Crippen molar-refractivity contribution in [2.24, 2.45) is 7.05 Å². The van der Waals surface area contributed by atoms with Crippen molar-refractivity contribution in [2.75, 3.05) is 5.75 Å². The fourth-order valence-electron chi connectivity index (χ4n) is 2.61. The van der Waals surface area contributed by atoms with Crippen LogP contribution in [0, 0.1) is 0 Å². The minimum atomic E-state index is 0.0717. The molecule has 0 aliphatic heterocycles. The lowest BCUT2D eigenvalue weighted by Crippen LogP contribution is -2.08. The van der Waals surface area contributed by atoms with Crippen LogP contribution in [0.4, 0.5) is 0 Å². The molecule has 0 radical (unpaired) electrons. The lowest BCUT2D eigenvalue weighted by Gasteiger charge is -2.04. The molecule has 4 rings (SSSR count). The third-order valence-corrected chi connectivity index (χ3v) is 5.08. The SMILES string of the molecule is Cn1c(Cn2nnc3ccccc32)nnc1SCC(=O)c1ccccc1. The number of aromatic nitrogens is 6. The maximum absolute atomic E-state index is 12.2. The first-order valence-corrected chi connectivity index (χ1v) is 9.08. The number of ketones is 1. The van der Waals surface area contributed by atoms with Gasteiger partial charge in [-0.25, -0.2) is 4.68 Å². The zero-order valence-electron chi connectivity index (χ0n) is 14.1. The average Bonchev–Trinajstić information content (AvgIpc) is 3.25. The number of rotatable bonds is 6. The summed E-state index contributed by atoms with van der Waals surface area (Å²) in [5.41, 5.74) is 2.50. The molecule has 2 aromatic heterocycles. The van der Waals surface area contributed by atoms with Gasteiger partial charge in [-0.2, -0.15) is 0 Å². The van der Waals surface area contributed by atoms with Crippen LogP contribution in [0.15, 0.2) is 59.8 Å². The van der Waals surface area contributed by atoms with E-state index in [-0.39, 0.29) is 5.78 Å². The van der Waals surface area contributed by atoms with Gasteiger partial charge in [0.2, 0.25) is 0 Å². The number of para-hydroxylation sites is 1. The zero-order valence-corrected chi connectivity index (χ0v) is 14.9. The molecule has 0 saturated carbocycles. The smallest absolute Gasteiger partial charge is 0.191 e. The van der Waals surface area contributed by atoms with Crippen molar-refractivity contribution in [3.63, 3.8) is 0 Å². The number of thioether (sulfide) groups is 1. The predicted molar refractivity (Wildman–Crippen MR) is 99.1 cm³/mol. The van der Waals surface area contributed by atoms with E-state index in [1.807, 2.05) is 66.2 Å². The Morgan fingerprint density at radius 1 is 1.00 bits per heavy atom. The van der Waals surface area contributed by atoms with E-state index in [1.165, 1.54) is 11.8 Å². The topological polar surface area (TPSA) is 78.5 Å². The Kier molecular flexibility index (Phi) is 4.49. The first-order chi connectivity index (χ1) is 12.7. The van der Waals surface area contributed by atoms with Crippen LogP contribution in [0.1, 0.15) is 16.2 Å². The highest BCUT2D eigenvalue weighted by atomic mass is 32.2. The molecule has 2 aromatic carbocycles. The molecule has 0 aliphatic rings. The summed E-state index contributed by atoms with van der Waals surface area (Å²) in [5.74, 6) is 1.15. The monoisotopic (exact) mass is 364 g/mol. The second-order valence-corrected chi connectivity index (χ2v) is 6.71. The minimum Gasteiger partial charge on any atom is -0.308 e. The molecular formula is C18H16N6OS. The molecule has 26 heavy (non-hydrogen) atoms. The Labute approximate surface area is 154 Å². The summed E-state index contributed by atoms with van der Waals surface area (Å²) >= 11 is 1.38. The summed E-state index contributed by atoms with van der Waals surface area (Å²) in [5, 5.41) is 17.5. The average molecular weight is 364 g/mol. The molecule has 2 heterocycles. The summed E-state index contributed by atoms with van der Waals surface area (Å²) in [7, 11) is 1.89. The molecular weight excluding hydrogens is 348 g/mol. The number of carbonyl (C=O) groups is 1. The molecule has 0 aliphatic carbocycles. The number of hydrogen-bond donors (Lipinski definition) is 0. The number of Topliss-reactive ketones (excluding diaryl/α,β-unsaturated/α-hetero) is 1. The first-order valence-electron chi connectivity index (χ1n) is 8.10. The van der Waals surface area contributed by atoms with Crippen molar-refractivity contribution >= 4 is 28.6 Å². The van der Waals surface area contributed by atoms with Crippen molar-refractivity contribution < 1.29 is 4.79 Å². The van der Waals surface area contributed by atoms with E-state index in [0.29, 0.717) is 23.0 Å². The van der Waals surface area contributed by atoms with E-state index in [0.717, 1.165) is 16.9 Å². The van der Waals surface area contributed by atoms with Crippen LogP contribution >= 0.6 is 11.8 Å². The molecule has 130 valence electrons. The van der Waals surface area contributed by atoms with Gasteiger partial charge < -0.3 is 4.57 Å². The molecule has 7 nitrogen and oxygen atoms in total. The number of nitrogens with zero attached hydrogens (tertiary/aromatic N) is 6. The van der Waals surface area contributed by atoms with Crippen LogP contribution in [-0.2, 0) is 13.6 Å². The second-order valence-electron chi connectivity index (χ2n) is 5.77. The van der Waals surface area contributed by atoms with E-state index < -0.39 is 0 Å². The largest absolute Gasteiger partial charge is 0.308 e. The van der Waals surface area contributed by atoms with E-state index in [4.69, 9.17) is 0 Å². The van der Waals surface area contributed by atoms with E-state index in [1.54, 1.807) is 4.68 Å². The van der Waals surface area contributed by atoms with Crippen molar-refractivity contribution in [1.29, 1.82) is 0 Å². The van der Waals surface area contributed by atoms with Gasteiger partial charge in [0, 0.05) is 12.6 Å². The van der Waals surface area contributed by atoms with Crippen LogP contribution in [0.2, 0.25) is 0 Å². The van der Waals surface area contributed by atoms with Gasteiger partial charge in [-0.3, -0.25) is 4.79 Å². The Morgan fingerprint density at radius 2 is 1.77 bits per heavy atom. The van der Waals surface area contributed by atoms with Crippen LogP contribution in [0.25, 0.3) is 11.0 Å². The van der Waals surface area contributed by atoms with Gasteiger partial charge in [-0.1, -0.05) is 59.4 Å². The van der Waals surface area contributed by atoms with Gasteiger partial charge >= 0.3 is 0 Å². The van der Waals surface area contributed by atoms with E-state index in [2.05, 4.69) is 20.5 Å². The highest BCUT2D eigenvalue weighted by molar-refractivity contribution is 7.99. The summed E-state index contributed by atoms with van der Waals surface area (Å²) in [6, 6.07) is 17.0. The fraction of sp³-hybridized carbons (Fsp3) is 0.167. The van der Waals surface area contributed by atoms with Gasteiger partial charge in [-0.15, -0.1) is 15.3 Å². The van der Waals surface area contributed by atoms with Crippen LogP contribution < -0.4 is 0 Å². The van der Waals surface area contributed by atoms with Crippen LogP contribution in [0.5, 0.6) is 0 Å². The first kappa shape index (κ1) is 16.5. The molecule has 0 amide bonds. The highest BCUT2D eigenvalue weighted by Crippen LogP contribution is 2.18. The van der Waals surface area contributed by atoms with Gasteiger partial charge in [0.15, 0.2) is 16.8 Å². The highest BCUT2D eigenvalue weighted by Gasteiger charge is 2.14. The summed E-state index contributed by atoms with van der Waals surface area (Å²) in [6.07, 6.45) is 0. The standard InChI is InChI=1S/C18H16N6OS/c1-23-17(11-24-15-10-6-5-9-14(15)19-22-24)20-21-18(23)26-12-16(25)13-7-3-2-4-8-13/h2-10H,11-12H2,1H3. The number of benzene rings is 2. The summed E-state index contributed by atoms with van der Waals surface area (Å²) in [6.45, 7) is 0.469. The second kappa shape index (κ2) is 7.09. The molecule has 0 saturated heterocycles. The summed E-state index contributed by atoms with van der Waals surface area (Å²) in [4.78, 5) is 12.2. The molecule has 8 heteroatoms. The maximum atomic E-state index is 12.2. The Bertz CT molecular complexity index is 1060. The van der Waals surface area contributed by atoms with Gasteiger partial charge in [0.25, 0.3) is 0 Å². The number of carbonyl (C=O) groups excluding carboxylic acids is 1. The van der Waals surface area contributed by atoms with Crippen LogP contribution in [0.3, 0.4) is 0 Å².